The van der Waals surface area contributed by atoms with Crippen molar-refractivity contribution in [3.8, 4) is 23.0 Å². The van der Waals surface area contributed by atoms with Crippen molar-refractivity contribution >= 4 is 0 Å². The van der Waals surface area contributed by atoms with E-state index in [0.717, 1.165) is 16.8 Å². The minimum absolute atomic E-state index is 0.127. The molecule has 0 spiro atoms. The van der Waals surface area contributed by atoms with Gasteiger partial charge in [0.05, 0.1) is 0 Å². The Bertz CT molecular complexity index is 911. The van der Waals surface area contributed by atoms with E-state index in [-0.39, 0.29) is 12.4 Å². The van der Waals surface area contributed by atoms with Crippen molar-refractivity contribution in [3.63, 3.8) is 0 Å². The minimum Gasteiger partial charge on any atom is -0.489 e. The number of hydrogen-bond donors (Lipinski definition) is 1. The molecule has 144 valence electrons. The maximum atomic E-state index is 12.6. The molecule has 0 saturated carbocycles. The van der Waals surface area contributed by atoms with E-state index in [2.05, 4.69) is 24.9 Å². The average molecular weight is 382 g/mol. The van der Waals surface area contributed by atoms with Crippen molar-refractivity contribution in [2.24, 2.45) is 0 Å². The highest BCUT2D eigenvalue weighted by atomic mass is 19.4. The van der Waals surface area contributed by atoms with Crippen LogP contribution in [-0.2, 0) is 6.18 Å². The number of aromatic amines is 1. The zero-order valence-electron chi connectivity index (χ0n) is 14.8. The first-order chi connectivity index (χ1) is 12.7. The van der Waals surface area contributed by atoms with Gasteiger partial charge in [-0.15, -0.1) is 5.10 Å². The number of nitrogens with zero attached hydrogens (tertiary/aromatic N) is 3. The second kappa shape index (κ2) is 7.29. The highest BCUT2D eigenvalue weighted by molar-refractivity contribution is 5.61. The quantitative estimate of drug-likeness (QED) is 0.652. The van der Waals surface area contributed by atoms with Gasteiger partial charge in [0.15, 0.2) is 0 Å². The molecule has 1 N–H and O–H groups in total. The second-order valence-corrected chi connectivity index (χ2v) is 5.95. The fourth-order valence-electron chi connectivity index (χ4n) is 2.52. The Hall–Kier alpha value is -3.04. The van der Waals surface area contributed by atoms with E-state index in [0.29, 0.717) is 23.8 Å². The first-order valence-corrected chi connectivity index (χ1v) is 8.04. The van der Waals surface area contributed by atoms with Crippen molar-refractivity contribution in [3.05, 3.63) is 40.9 Å². The Morgan fingerprint density at radius 1 is 1.04 bits per heavy atom. The molecule has 10 heteroatoms. The molecule has 0 aliphatic carbocycles. The van der Waals surface area contributed by atoms with Crippen molar-refractivity contribution < 1.29 is 27.2 Å². The van der Waals surface area contributed by atoms with Gasteiger partial charge in [-0.05, 0) is 44.0 Å². The zero-order valence-corrected chi connectivity index (χ0v) is 14.8. The van der Waals surface area contributed by atoms with Gasteiger partial charge in [-0.1, -0.05) is 5.16 Å². The van der Waals surface area contributed by atoms with Gasteiger partial charge in [0.1, 0.15) is 19.0 Å². The summed E-state index contributed by atoms with van der Waals surface area (Å²) < 4.78 is 53.3. The van der Waals surface area contributed by atoms with Gasteiger partial charge < -0.3 is 14.0 Å². The van der Waals surface area contributed by atoms with E-state index in [1.54, 1.807) is 32.0 Å². The molecule has 0 bridgehead atoms. The average Bonchev–Trinajstić information content (AvgIpc) is 3.22. The monoisotopic (exact) mass is 382 g/mol. The molecular formula is C17H17F3N4O3. The lowest BCUT2D eigenvalue weighted by molar-refractivity contribution is -0.159. The number of hydrogen-bond acceptors (Lipinski definition) is 6. The number of H-pyrrole nitrogens is 1. The van der Waals surface area contributed by atoms with Gasteiger partial charge >= 0.3 is 12.1 Å². The summed E-state index contributed by atoms with van der Waals surface area (Å²) in [5.74, 6) is -0.395. The van der Waals surface area contributed by atoms with Crippen LogP contribution >= 0.6 is 0 Å². The van der Waals surface area contributed by atoms with Crippen LogP contribution in [0.2, 0.25) is 0 Å². The van der Waals surface area contributed by atoms with Crippen LogP contribution in [0.15, 0.2) is 22.7 Å². The number of aromatic nitrogens is 4. The third-order valence-corrected chi connectivity index (χ3v) is 3.65. The van der Waals surface area contributed by atoms with Gasteiger partial charge in [0.2, 0.25) is 11.7 Å². The van der Waals surface area contributed by atoms with E-state index in [4.69, 9.17) is 9.47 Å². The summed E-state index contributed by atoms with van der Waals surface area (Å²) in [5, 5.41) is 10.1. The van der Waals surface area contributed by atoms with E-state index < -0.39 is 12.1 Å². The second-order valence-electron chi connectivity index (χ2n) is 5.95. The molecule has 0 atom stereocenters. The van der Waals surface area contributed by atoms with E-state index in [1.807, 2.05) is 6.92 Å². The van der Waals surface area contributed by atoms with Crippen LogP contribution in [0.25, 0.3) is 11.4 Å². The Morgan fingerprint density at radius 2 is 1.70 bits per heavy atom. The predicted molar refractivity (Wildman–Crippen MR) is 88.5 cm³/mol. The number of aryl methyl sites for hydroxylation is 3. The van der Waals surface area contributed by atoms with Crippen LogP contribution in [0.5, 0.6) is 11.6 Å². The normalized spacial score (nSPS) is 11.6. The van der Waals surface area contributed by atoms with Crippen LogP contribution in [-0.4, -0.2) is 33.6 Å². The summed E-state index contributed by atoms with van der Waals surface area (Å²) in [5.41, 5.74) is 2.78. The van der Waals surface area contributed by atoms with E-state index in [9.17, 15) is 13.2 Å². The van der Waals surface area contributed by atoms with Crippen LogP contribution in [0.1, 0.15) is 22.7 Å². The fourth-order valence-corrected chi connectivity index (χ4v) is 2.52. The molecular weight excluding hydrogens is 365 g/mol. The molecule has 3 rings (SSSR count). The zero-order chi connectivity index (χ0) is 19.6. The number of halogens is 3. The van der Waals surface area contributed by atoms with Gasteiger partial charge in [-0.25, -0.2) is 0 Å². The van der Waals surface area contributed by atoms with Crippen LogP contribution < -0.4 is 9.47 Å². The molecule has 0 saturated heterocycles. The molecule has 7 nitrogen and oxygen atoms in total. The van der Waals surface area contributed by atoms with E-state index >= 15 is 0 Å². The molecule has 0 fully saturated rings. The molecule has 2 aromatic heterocycles. The van der Waals surface area contributed by atoms with Gasteiger partial charge in [0, 0.05) is 17.3 Å². The SMILES string of the molecule is Cc1cc(OCCOc2c(C)cc(-c3noc(C(F)(F)F)n3)cc2C)n[nH]1. The van der Waals surface area contributed by atoms with Crippen molar-refractivity contribution in [1.82, 2.24) is 20.3 Å². The third kappa shape index (κ3) is 4.39. The Morgan fingerprint density at radius 3 is 2.26 bits per heavy atom. The molecule has 0 amide bonds. The number of ether oxygens (including phenoxy) is 2. The number of nitrogens with one attached hydrogen (secondary N) is 1. The summed E-state index contributed by atoms with van der Waals surface area (Å²) in [6.07, 6.45) is -4.68. The molecule has 0 aliphatic heterocycles. The number of benzene rings is 1. The summed E-state index contributed by atoms with van der Waals surface area (Å²) >= 11 is 0. The van der Waals surface area contributed by atoms with Gasteiger partial charge in [0.25, 0.3) is 0 Å². The predicted octanol–water partition coefficient (Wildman–Crippen LogP) is 3.86. The largest absolute Gasteiger partial charge is 0.489 e. The Balaban J connectivity index is 1.66. The Labute approximate surface area is 152 Å². The highest BCUT2D eigenvalue weighted by Crippen LogP contribution is 2.32. The number of rotatable bonds is 6. The molecule has 2 heterocycles. The molecule has 27 heavy (non-hydrogen) atoms. The molecule has 0 unspecified atom stereocenters. The topological polar surface area (TPSA) is 86.1 Å². The standard InChI is InChI=1S/C17H17F3N4O3/c1-9-6-12(15-21-16(27-24-15)17(18,19)20)7-10(2)14(9)26-5-4-25-13-8-11(3)22-23-13/h6-8H,4-5H2,1-3H3,(H,22,23). The lowest BCUT2D eigenvalue weighted by atomic mass is 10.1. The summed E-state index contributed by atoms with van der Waals surface area (Å²) in [6.45, 7) is 6.02. The minimum atomic E-state index is -4.68. The molecule has 0 radical (unpaired) electrons. The summed E-state index contributed by atoms with van der Waals surface area (Å²) in [7, 11) is 0. The summed E-state index contributed by atoms with van der Waals surface area (Å²) in [6, 6.07) is 5.06. The smallest absolute Gasteiger partial charge is 0.471 e. The highest BCUT2D eigenvalue weighted by Gasteiger charge is 2.38. The van der Waals surface area contributed by atoms with Gasteiger partial charge in [-0.2, -0.15) is 18.2 Å². The first-order valence-electron chi connectivity index (χ1n) is 8.04. The first kappa shape index (κ1) is 18.7. The molecule has 3 aromatic rings. The third-order valence-electron chi connectivity index (χ3n) is 3.65. The van der Waals surface area contributed by atoms with E-state index in [1.165, 1.54) is 0 Å². The molecule has 1 aromatic carbocycles. The van der Waals surface area contributed by atoms with Crippen molar-refractivity contribution in [1.29, 1.82) is 0 Å². The lowest BCUT2D eigenvalue weighted by Crippen LogP contribution is -2.10. The van der Waals surface area contributed by atoms with Crippen LogP contribution in [0.4, 0.5) is 13.2 Å². The van der Waals surface area contributed by atoms with Crippen molar-refractivity contribution in [2.75, 3.05) is 13.2 Å². The maximum Gasteiger partial charge on any atom is 0.471 e. The fraction of sp³-hybridized carbons (Fsp3) is 0.353. The van der Waals surface area contributed by atoms with Crippen LogP contribution in [0, 0.1) is 20.8 Å². The summed E-state index contributed by atoms with van der Waals surface area (Å²) in [4.78, 5) is 3.40. The van der Waals surface area contributed by atoms with Crippen molar-refractivity contribution in [2.45, 2.75) is 26.9 Å². The number of alkyl halides is 3. The Kier molecular flexibility index (Phi) is 5.06. The maximum absolute atomic E-state index is 12.6. The lowest BCUT2D eigenvalue weighted by Gasteiger charge is -2.13. The van der Waals surface area contributed by atoms with Gasteiger partial charge in [-0.3, -0.25) is 5.10 Å². The van der Waals surface area contributed by atoms with Crippen LogP contribution in [0.3, 0.4) is 0 Å². The molecule has 0 aliphatic rings.